The van der Waals surface area contributed by atoms with Crippen LogP contribution in [0.4, 0.5) is 5.13 Å². The highest BCUT2D eigenvalue weighted by Gasteiger charge is 2.27. The predicted octanol–water partition coefficient (Wildman–Crippen LogP) is 3.39. The summed E-state index contributed by atoms with van der Waals surface area (Å²) in [5, 5.41) is 5.20. The molecule has 1 fully saturated rings. The molecule has 4 rings (SSSR count). The van der Waals surface area contributed by atoms with Gasteiger partial charge in [-0.25, -0.2) is 4.98 Å². The Morgan fingerprint density at radius 3 is 2.67 bits per heavy atom. The number of hydrogen-bond donors (Lipinski definition) is 0. The standard InChI is InChI=1S/C20H25N5OS/c1-13-9-14(2)18-17(10-13)27-20(22-18)25-7-5-16(6-8-25)24(4)19(26)15-11-21-23(3)12-15/h9-12,16H,5-8H2,1-4H3. The Hall–Kier alpha value is -2.41. The Morgan fingerprint density at radius 1 is 1.26 bits per heavy atom. The molecule has 3 aromatic rings. The van der Waals surface area contributed by atoms with E-state index < -0.39 is 0 Å². The molecular weight excluding hydrogens is 358 g/mol. The normalized spacial score (nSPS) is 15.5. The van der Waals surface area contributed by atoms with Gasteiger partial charge in [-0.3, -0.25) is 9.48 Å². The first-order chi connectivity index (χ1) is 12.9. The topological polar surface area (TPSA) is 54.3 Å². The summed E-state index contributed by atoms with van der Waals surface area (Å²) in [6.45, 7) is 6.11. The van der Waals surface area contributed by atoms with Crippen LogP contribution in [0.15, 0.2) is 24.5 Å². The van der Waals surface area contributed by atoms with Crippen molar-refractivity contribution >= 4 is 32.6 Å². The highest BCUT2D eigenvalue weighted by atomic mass is 32.1. The number of anilines is 1. The van der Waals surface area contributed by atoms with E-state index in [-0.39, 0.29) is 11.9 Å². The average molecular weight is 384 g/mol. The summed E-state index contributed by atoms with van der Waals surface area (Å²) >= 11 is 1.77. The zero-order valence-electron chi connectivity index (χ0n) is 16.3. The molecule has 0 saturated carbocycles. The summed E-state index contributed by atoms with van der Waals surface area (Å²) in [5.74, 6) is 0.0487. The summed E-state index contributed by atoms with van der Waals surface area (Å²) in [4.78, 5) is 21.8. The van der Waals surface area contributed by atoms with Gasteiger partial charge in [0.15, 0.2) is 5.13 Å². The number of piperidine rings is 1. The van der Waals surface area contributed by atoms with Crippen LogP contribution in [0.5, 0.6) is 0 Å². The maximum atomic E-state index is 12.6. The molecule has 6 nitrogen and oxygen atoms in total. The third-order valence-electron chi connectivity index (χ3n) is 5.37. The maximum absolute atomic E-state index is 12.6. The number of fused-ring (bicyclic) bond motifs is 1. The lowest BCUT2D eigenvalue weighted by molar-refractivity contribution is 0.0709. The van der Waals surface area contributed by atoms with Gasteiger partial charge in [-0.05, 0) is 43.9 Å². The largest absolute Gasteiger partial charge is 0.348 e. The van der Waals surface area contributed by atoms with Crippen LogP contribution in [0.1, 0.15) is 34.3 Å². The lowest BCUT2D eigenvalue weighted by Crippen LogP contribution is -2.45. The quantitative estimate of drug-likeness (QED) is 0.696. The van der Waals surface area contributed by atoms with Gasteiger partial charge in [-0.2, -0.15) is 5.10 Å². The molecule has 7 heteroatoms. The van der Waals surface area contributed by atoms with E-state index in [9.17, 15) is 4.79 Å². The fraction of sp³-hybridized carbons (Fsp3) is 0.450. The second-order valence-corrected chi connectivity index (χ2v) is 8.47. The number of rotatable bonds is 3. The van der Waals surface area contributed by atoms with E-state index in [1.165, 1.54) is 15.8 Å². The highest BCUT2D eigenvalue weighted by molar-refractivity contribution is 7.22. The van der Waals surface area contributed by atoms with Crippen LogP contribution in [-0.4, -0.2) is 51.8 Å². The number of hydrogen-bond acceptors (Lipinski definition) is 5. The van der Waals surface area contributed by atoms with Crippen molar-refractivity contribution in [1.82, 2.24) is 19.7 Å². The number of carbonyl (C=O) groups excluding carboxylic acids is 1. The van der Waals surface area contributed by atoms with Crippen LogP contribution >= 0.6 is 11.3 Å². The Morgan fingerprint density at radius 2 is 2.00 bits per heavy atom. The molecule has 0 atom stereocenters. The van der Waals surface area contributed by atoms with Gasteiger partial charge in [0.25, 0.3) is 5.91 Å². The lowest BCUT2D eigenvalue weighted by Gasteiger charge is -2.36. The Balaban J connectivity index is 1.44. The minimum absolute atomic E-state index is 0.0487. The van der Waals surface area contributed by atoms with Crippen LogP contribution < -0.4 is 4.90 Å². The number of nitrogens with zero attached hydrogens (tertiary/aromatic N) is 5. The van der Waals surface area contributed by atoms with Gasteiger partial charge in [0.2, 0.25) is 0 Å². The van der Waals surface area contributed by atoms with Crippen LogP contribution in [0, 0.1) is 13.8 Å². The van der Waals surface area contributed by atoms with E-state index in [1.54, 1.807) is 28.4 Å². The van der Waals surface area contributed by atoms with Crippen molar-refractivity contribution < 1.29 is 4.79 Å². The fourth-order valence-electron chi connectivity index (χ4n) is 3.84. The molecule has 1 aromatic carbocycles. The first kappa shape index (κ1) is 18.0. The van der Waals surface area contributed by atoms with E-state index in [0.717, 1.165) is 36.6 Å². The minimum atomic E-state index is 0.0487. The van der Waals surface area contributed by atoms with Crippen LogP contribution in [0.3, 0.4) is 0 Å². The van der Waals surface area contributed by atoms with E-state index >= 15 is 0 Å². The number of aromatic nitrogens is 3. The van der Waals surface area contributed by atoms with E-state index in [1.807, 2.05) is 19.0 Å². The third-order valence-corrected chi connectivity index (χ3v) is 6.44. The molecule has 0 aliphatic carbocycles. The van der Waals surface area contributed by atoms with E-state index in [4.69, 9.17) is 4.98 Å². The Bertz CT molecular complexity index is 984. The van der Waals surface area contributed by atoms with E-state index in [0.29, 0.717) is 5.56 Å². The highest BCUT2D eigenvalue weighted by Crippen LogP contribution is 2.33. The molecule has 0 spiro atoms. The first-order valence-electron chi connectivity index (χ1n) is 9.31. The molecular formula is C20H25N5OS. The molecule has 1 aliphatic heterocycles. The van der Waals surface area contributed by atoms with Crippen molar-refractivity contribution in [2.75, 3.05) is 25.0 Å². The SMILES string of the molecule is Cc1cc(C)c2nc(N3CCC(N(C)C(=O)c4cnn(C)c4)CC3)sc2c1. The van der Waals surface area contributed by atoms with E-state index in [2.05, 4.69) is 36.0 Å². The molecule has 1 aliphatic rings. The molecule has 0 radical (unpaired) electrons. The van der Waals surface area contributed by atoms with Crippen LogP contribution in [0.2, 0.25) is 0 Å². The molecule has 3 heterocycles. The molecule has 1 saturated heterocycles. The molecule has 0 N–H and O–H groups in total. The molecule has 27 heavy (non-hydrogen) atoms. The minimum Gasteiger partial charge on any atom is -0.348 e. The number of aryl methyl sites for hydroxylation is 3. The van der Waals surface area contributed by atoms with Crippen molar-refractivity contribution in [1.29, 1.82) is 0 Å². The number of thiazole rings is 1. The maximum Gasteiger partial charge on any atom is 0.257 e. The lowest BCUT2D eigenvalue weighted by atomic mass is 10.0. The summed E-state index contributed by atoms with van der Waals surface area (Å²) in [6.07, 6.45) is 5.33. The van der Waals surface area contributed by atoms with Gasteiger partial charge >= 0.3 is 0 Å². The monoisotopic (exact) mass is 383 g/mol. The average Bonchev–Trinajstić information content (AvgIpc) is 3.27. The van der Waals surface area contributed by atoms with Crippen molar-refractivity contribution in [3.8, 4) is 0 Å². The Kier molecular flexibility index (Phi) is 4.63. The fourth-order valence-corrected chi connectivity index (χ4v) is 5.03. The van der Waals surface area contributed by atoms with Crippen molar-refractivity contribution in [3.05, 3.63) is 41.2 Å². The van der Waals surface area contributed by atoms with Gasteiger partial charge in [0.05, 0.1) is 22.0 Å². The number of amides is 1. The van der Waals surface area contributed by atoms with Crippen molar-refractivity contribution in [2.24, 2.45) is 7.05 Å². The summed E-state index contributed by atoms with van der Waals surface area (Å²) in [5.41, 5.74) is 4.29. The molecule has 0 bridgehead atoms. The zero-order valence-corrected chi connectivity index (χ0v) is 17.1. The van der Waals surface area contributed by atoms with Gasteiger partial charge < -0.3 is 9.80 Å². The second-order valence-electron chi connectivity index (χ2n) is 7.46. The summed E-state index contributed by atoms with van der Waals surface area (Å²) < 4.78 is 2.93. The molecule has 2 aromatic heterocycles. The van der Waals surface area contributed by atoms with Gasteiger partial charge in [0, 0.05) is 39.4 Å². The summed E-state index contributed by atoms with van der Waals surface area (Å²) in [6, 6.07) is 4.67. The van der Waals surface area contributed by atoms with Crippen LogP contribution in [-0.2, 0) is 7.05 Å². The summed E-state index contributed by atoms with van der Waals surface area (Å²) in [7, 11) is 3.73. The number of carbonyl (C=O) groups is 1. The van der Waals surface area contributed by atoms with Crippen LogP contribution in [0.25, 0.3) is 10.2 Å². The second kappa shape index (κ2) is 6.96. The van der Waals surface area contributed by atoms with Gasteiger partial charge in [-0.1, -0.05) is 17.4 Å². The van der Waals surface area contributed by atoms with Gasteiger partial charge in [-0.15, -0.1) is 0 Å². The first-order valence-corrected chi connectivity index (χ1v) is 10.1. The Labute approximate surface area is 163 Å². The van der Waals surface area contributed by atoms with Crippen molar-refractivity contribution in [2.45, 2.75) is 32.7 Å². The molecule has 1 amide bonds. The molecule has 0 unspecified atom stereocenters. The molecule has 142 valence electrons. The zero-order chi connectivity index (χ0) is 19.1. The number of benzene rings is 1. The smallest absolute Gasteiger partial charge is 0.257 e. The predicted molar refractivity (Wildman–Crippen MR) is 110 cm³/mol. The van der Waals surface area contributed by atoms with Gasteiger partial charge in [0.1, 0.15) is 0 Å². The third kappa shape index (κ3) is 3.43. The van der Waals surface area contributed by atoms with Crippen molar-refractivity contribution in [3.63, 3.8) is 0 Å².